The Morgan fingerprint density at radius 3 is 2.61 bits per heavy atom. The Morgan fingerprint density at radius 2 is 2.11 bits per heavy atom. The van der Waals surface area contributed by atoms with E-state index in [1.165, 1.54) is 0 Å². The van der Waals surface area contributed by atoms with Crippen LogP contribution in [0.1, 0.15) is 27.2 Å². The van der Waals surface area contributed by atoms with Crippen molar-refractivity contribution in [2.45, 2.75) is 39.3 Å². The van der Waals surface area contributed by atoms with Crippen molar-refractivity contribution in [2.24, 2.45) is 5.92 Å². The van der Waals surface area contributed by atoms with Crippen molar-refractivity contribution in [3.63, 3.8) is 0 Å². The Morgan fingerprint density at radius 1 is 1.44 bits per heavy atom. The molecule has 1 saturated heterocycles. The molecule has 0 radical (unpaired) electrons. The molecule has 0 aromatic heterocycles. The number of amides is 2. The second-order valence-corrected chi connectivity index (χ2v) is 4.85. The smallest absolute Gasteiger partial charge is 0.317 e. The highest BCUT2D eigenvalue weighted by Crippen LogP contribution is 2.20. The fourth-order valence-corrected chi connectivity index (χ4v) is 2.07. The highest BCUT2D eigenvalue weighted by Gasteiger charge is 2.39. The summed E-state index contributed by atoms with van der Waals surface area (Å²) in [4.78, 5) is 24.8. The highest BCUT2D eigenvalue weighted by molar-refractivity contribution is 5.77. The van der Waals surface area contributed by atoms with Gasteiger partial charge in [0.1, 0.15) is 5.92 Å². The van der Waals surface area contributed by atoms with Crippen LogP contribution < -0.4 is 5.32 Å². The summed E-state index contributed by atoms with van der Waals surface area (Å²) < 4.78 is 5.21. The molecule has 1 aliphatic rings. The number of nitrogens with zero attached hydrogens (tertiary/aromatic N) is 1. The summed E-state index contributed by atoms with van der Waals surface area (Å²) in [5.41, 5.74) is 0. The third-order valence-electron chi connectivity index (χ3n) is 2.91. The minimum absolute atomic E-state index is 0.0301. The molecule has 0 aromatic rings. The zero-order valence-corrected chi connectivity index (χ0v) is 11.2. The predicted molar refractivity (Wildman–Crippen MR) is 66.4 cm³/mol. The highest BCUT2D eigenvalue weighted by atomic mass is 16.5. The molecule has 1 heterocycles. The molecule has 0 aromatic carbocycles. The largest absolute Gasteiger partial charge is 0.481 e. The minimum Gasteiger partial charge on any atom is -0.481 e. The molecular formula is C12H22N2O4. The van der Waals surface area contributed by atoms with Crippen LogP contribution in [0.2, 0.25) is 0 Å². The Balaban J connectivity index is 2.77. The van der Waals surface area contributed by atoms with Gasteiger partial charge >= 0.3 is 12.0 Å². The van der Waals surface area contributed by atoms with Gasteiger partial charge in [-0.25, -0.2) is 4.79 Å². The van der Waals surface area contributed by atoms with Crippen LogP contribution in [-0.2, 0) is 9.53 Å². The van der Waals surface area contributed by atoms with Gasteiger partial charge in [0.2, 0.25) is 0 Å². The third kappa shape index (κ3) is 3.60. The lowest BCUT2D eigenvalue weighted by Crippen LogP contribution is -2.52. The number of hydrogen-bond donors (Lipinski definition) is 2. The fourth-order valence-electron chi connectivity index (χ4n) is 2.07. The van der Waals surface area contributed by atoms with Crippen LogP contribution in [0.5, 0.6) is 0 Å². The maximum Gasteiger partial charge on any atom is 0.317 e. The number of carbonyl (C=O) groups excluding carboxylic acids is 1. The molecule has 6 nitrogen and oxygen atoms in total. The lowest BCUT2D eigenvalue weighted by Gasteiger charge is -2.31. The van der Waals surface area contributed by atoms with E-state index in [0.717, 1.165) is 6.42 Å². The van der Waals surface area contributed by atoms with E-state index in [4.69, 9.17) is 9.84 Å². The monoisotopic (exact) mass is 258 g/mol. The quantitative estimate of drug-likeness (QED) is 0.768. The Hall–Kier alpha value is -1.30. The standard InChI is InChI=1S/C12H22N2O4/c1-4-5-14(12(17)13-8(2)3)10-7-18-6-9(10)11(15)16/h8-10H,4-7H2,1-3H3,(H,13,17)(H,15,16). The summed E-state index contributed by atoms with van der Waals surface area (Å²) >= 11 is 0. The maximum atomic E-state index is 12.1. The summed E-state index contributed by atoms with van der Waals surface area (Å²) in [5.74, 6) is -1.54. The van der Waals surface area contributed by atoms with Crippen molar-refractivity contribution in [1.29, 1.82) is 0 Å². The molecule has 1 aliphatic heterocycles. The number of aliphatic carboxylic acids is 1. The van der Waals surface area contributed by atoms with Crippen LogP contribution in [0.4, 0.5) is 4.79 Å². The first-order chi connectivity index (χ1) is 8.47. The Bertz CT molecular complexity index is 306. The van der Waals surface area contributed by atoms with Gasteiger partial charge in [-0.05, 0) is 20.3 Å². The minimum atomic E-state index is -0.907. The molecule has 1 fully saturated rings. The third-order valence-corrected chi connectivity index (χ3v) is 2.91. The van der Waals surface area contributed by atoms with Gasteiger partial charge in [0.05, 0.1) is 19.3 Å². The number of urea groups is 1. The van der Waals surface area contributed by atoms with Gasteiger partial charge in [0, 0.05) is 12.6 Å². The molecule has 6 heteroatoms. The Kier molecular flexibility index (Phi) is 5.40. The normalized spacial score (nSPS) is 23.1. The molecule has 0 saturated carbocycles. The maximum absolute atomic E-state index is 12.1. The van der Waals surface area contributed by atoms with Crippen LogP contribution in [0.15, 0.2) is 0 Å². The van der Waals surface area contributed by atoms with Crippen molar-refractivity contribution >= 4 is 12.0 Å². The molecule has 2 N–H and O–H groups in total. The van der Waals surface area contributed by atoms with Gasteiger partial charge in [-0.2, -0.15) is 0 Å². The number of carboxylic acid groups (broad SMARTS) is 1. The first kappa shape index (κ1) is 14.8. The molecule has 2 atom stereocenters. The van der Waals surface area contributed by atoms with Crippen LogP contribution in [-0.4, -0.2) is 53.8 Å². The van der Waals surface area contributed by atoms with E-state index in [0.29, 0.717) is 13.2 Å². The number of ether oxygens (including phenoxy) is 1. The van der Waals surface area contributed by atoms with Crippen LogP contribution in [0, 0.1) is 5.92 Å². The van der Waals surface area contributed by atoms with E-state index in [-0.39, 0.29) is 24.7 Å². The fraction of sp³-hybridized carbons (Fsp3) is 0.833. The van der Waals surface area contributed by atoms with E-state index >= 15 is 0 Å². The molecule has 18 heavy (non-hydrogen) atoms. The zero-order chi connectivity index (χ0) is 13.7. The lowest BCUT2D eigenvalue weighted by molar-refractivity contribution is -0.142. The van der Waals surface area contributed by atoms with Crippen molar-refractivity contribution < 1.29 is 19.4 Å². The molecule has 0 aliphatic carbocycles. The van der Waals surface area contributed by atoms with Gasteiger partial charge in [0.25, 0.3) is 0 Å². The van der Waals surface area contributed by atoms with Gasteiger partial charge in [-0.3, -0.25) is 4.79 Å². The van der Waals surface area contributed by atoms with E-state index in [1.54, 1.807) is 4.90 Å². The van der Waals surface area contributed by atoms with E-state index in [2.05, 4.69) is 5.32 Å². The molecular weight excluding hydrogens is 236 g/mol. The van der Waals surface area contributed by atoms with E-state index in [9.17, 15) is 9.59 Å². The van der Waals surface area contributed by atoms with Crippen LogP contribution in [0.3, 0.4) is 0 Å². The average Bonchev–Trinajstić information content (AvgIpc) is 2.73. The molecule has 1 rings (SSSR count). The van der Waals surface area contributed by atoms with Crippen molar-refractivity contribution in [1.82, 2.24) is 10.2 Å². The second-order valence-electron chi connectivity index (χ2n) is 4.85. The molecule has 0 bridgehead atoms. The second kappa shape index (κ2) is 6.58. The number of carbonyl (C=O) groups is 2. The van der Waals surface area contributed by atoms with E-state index < -0.39 is 11.9 Å². The summed E-state index contributed by atoms with van der Waals surface area (Å²) in [5, 5.41) is 11.9. The van der Waals surface area contributed by atoms with Crippen LogP contribution in [0.25, 0.3) is 0 Å². The average molecular weight is 258 g/mol. The van der Waals surface area contributed by atoms with Gasteiger partial charge < -0.3 is 20.1 Å². The van der Waals surface area contributed by atoms with Gasteiger partial charge in [-0.15, -0.1) is 0 Å². The molecule has 2 amide bonds. The Labute approximate surface area is 107 Å². The molecule has 104 valence electrons. The number of nitrogens with one attached hydrogen (secondary N) is 1. The first-order valence-corrected chi connectivity index (χ1v) is 6.35. The number of hydrogen-bond acceptors (Lipinski definition) is 3. The van der Waals surface area contributed by atoms with E-state index in [1.807, 2.05) is 20.8 Å². The summed E-state index contributed by atoms with van der Waals surface area (Å²) in [6, 6.07) is -0.558. The lowest BCUT2D eigenvalue weighted by atomic mass is 10.0. The summed E-state index contributed by atoms with van der Waals surface area (Å²) in [6.45, 7) is 6.72. The van der Waals surface area contributed by atoms with Crippen molar-refractivity contribution in [3.8, 4) is 0 Å². The number of rotatable bonds is 5. The van der Waals surface area contributed by atoms with Gasteiger partial charge in [0.15, 0.2) is 0 Å². The zero-order valence-electron chi connectivity index (χ0n) is 11.2. The van der Waals surface area contributed by atoms with Crippen molar-refractivity contribution in [3.05, 3.63) is 0 Å². The summed E-state index contributed by atoms with van der Waals surface area (Å²) in [7, 11) is 0. The number of carboxylic acids is 1. The van der Waals surface area contributed by atoms with Crippen molar-refractivity contribution in [2.75, 3.05) is 19.8 Å². The SMILES string of the molecule is CCCN(C(=O)NC(C)C)C1COCC1C(=O)O. The first-order valence-electron chi connectivity index (χ1n) is 6.35. The van der Waals surface area contributed by atoms with Crippen LogP contribution >= 0.6 is 0 Å². The topological polar surface area (TPSA) is 78.9 Å². The summed E-state index contributed by atoms with van der Waals surface area (Å²) in [6.07, 6.45) is 0.786. The molecule has 0 spiro atoms. The predicted octanol–water partition coefficient (Wildman–Crippen LogP) is 0.916. The molecule has 2 unspecified atom stereocenters. The van der Waals surface area contributed by atoms with Gasteiger partial charge in [-0.1, -0.05) is 6.92 Å².